The number of carbonyl (C=O) groups excluding carboxylic acids is 1. The number of nitrogens with zero attached hydrogens (tertiary/aromatic N) is 3. The first-order valence-electron chi connectivity index (χ1n) is 9.82. The Balaban J connectivity index is 1.88. The van der Waals surface area contributed by atoms with Gasteiger partial charge in [-0.3, -0.25) is 14.6 Å². The van der Waals surface area contributed by atoms with E-state index in [1.165, 1.54) is 54.9 Å². The minimum atomic E-state index is -4.99. The van der Waals surface area contributed by atoms with Gasteiger partial charge in [0.1, 0.15) is 5.69 Å². The lowest BCUT2D eigenvalue weighted by Gasteiger charge is -2.13. The number of primary amides is 1. The lowest BCUT2D eigenvalue weighted by molar-refractivity contribution is -0.143. The molecule has 0 unspecified atom stereocenters. The number of rotatable bonds is 3. The molecule has 11 heteroatoms. The summed E-state index contributed by atoms with van der Waals surface area (Å²) in [7, 11) is 0. The van der Waals surface area contributed by atoms with Crippen LogP contribution in [0.25, 0.3) is 38.6 Å². The lowest BCUT2D eigenvalue weighted by atomic mass is 10.0. The number of pyridine rings is 2. The zero-order valence-corrected chi connectivity index (χ0v) is 17.8. The van der Waals surface area contributed by atoms with Gasteiger partial charge in [0.25, 0.3) is 11.5 Å². The first-order chi connectivity index (χ1) is 16.2. The van der Waals surface area contributed by atoms with E-state index in [-0.39, 0.29) is 27.7 Å². The van der Waals surface area contributed by atoms with E-state index in [1.54, 1.807) is 6.07 Å². The number of benzene rings is 2. The molecule has 3 N–H and O–H groups in total. The molecule has 0 aliphatic carbocycles. The number of hydrogen-bond donors (Lipinski definition) is 2. The lowest BCUT2D eigenvalue weighted by Crippen LogP contribution is -2.21. The summed E-state index contributed by atoms with van der Waals surface area (Å²) in [5.74, 6) is -1.30. The van der Waals surface area contributed by atoms with Gasteiger partial charge in [-0.2, -0.15) is 18.3 Å². The summed E-state index contributed by atoms with van der Waals surface area (Å²) in [6.07, 6.45) is -2.17. The molecule has 0 saturated carbocycles. The van der Waals surface area contributed by atoms with Crippen LogP contribution in [0.15, 0.2) is 65.7 Å². The Morgan fingerprint density at radius 2 is 1.85 bits per heavy atom. The van der Waals surface area contributed by atoms with Crippen LogP contribution in [0.5, 0.6) is 0 Å². The summed E-state index contributed by atoms with van der Waals surface area (Å²) in [5.41, 5.74) is 3.21. The zero-order chi connectivity index (χ0) is 24.2. The number of nitrogens with two attached hydrogens (primary N) is 1. The van der Waals surface area contributed by atoms with Crippen molar-refractivity contribution in [3.05, 3.63) is 87.6 Å². The number of hydrogen-bond acceptors (Lipinski definition) is 4. The van der Waals surface area contributed by atoms with Crippen molar-refractivity contribution < 1.29 is 18.0 Å². The SMILES string of the molecule is NC(=O)c1c(-c2ccc3nccc(Cl)c3c2)nn(-c2cccc3c(=O)[nH]ccc23)c1C(F)(F)F. The van der Waals surface area contributed by atoms with Gasteiger partial charge < -0.3 is 10.7 Å². The molecule has 2 aromatic carbocycles. The number of carbonyl (C=O) groups is 1. The molecule has 34 heavy (non-hydrogen) atoms. The van der Waals surface area contributed by atoms with Crippen molar-refractivity contribution >= 4 is 39.2 Å². The molecule has 0 spiro atoms. The Bertz CT molecular complexity index is 1670. The van der Waals surface area contributed by atoms with Crippen LogP contribution in [0.4, 0.5) is 13.2 Å². The molecule has 3 aromatic heterocycles. The van der Waals surface area contributed by atoms with Crippen LogP contribution in [-0.4, -0.2) is 25.7 Å². The monoisotopic (exact) mass is 483 g/mol. The first-order valence-corrected chi connectivity index (χ1v) is 10.2. The second kappa shape index (κ2) is 7.70. The van der Waals surface area contributed by atoms with E-state index >= 15 is 0 Å². The number of H-pyrrole nitrogens is 1. The summed E-state index contributed by atoms with van der Waals surface area (Å²) in [6.45, 7) is 0. The van der Waals surface area contributed by atoms with E-state index in [1.807, 2.05) is 0 Å². The summed E-state index contributed by atoms with van der Waals surface area (Å²) in [5, 5.41) is 5.35. The van der Waals surface area contributed by atoms with E-state index in [2.05, 4.69) is 15.1 Å². The van der Waals surface area contributed by atoms with Crippen LogP contribution in [-0.2, 0) is 6.18 Å². The minimum absolute atomic E-state index is 0.0369. The molecular formula is C23H13ClF3N5O2. The van der Waals surface area contributed by atoms with E-state index in [0.29, 0.717) is 20.6 Å². The average Bonchev–Trinajstić information content (AvgIpc) is 3.21. The van der Waals surface area contributed by atoms with E-state index in [9.17, 15) is 22.8 Å². The third kappa shape index (κ3) is 3.39. The molecule has 0 fully saturated rings. The molecule has 5 aromatic rings. The Labute approximate surface area is 193 Å². The smallest absolute Gasteiger partial charge is 0.365 e. The standard InChI is InChI=1S/C23H13ClF3N5O2/c24-15-7-9-29-16-5-4-11(10-14(15)16)19-18(21(28)33)20(23(25,26)27)32(31-19)17-3-1-2-13-12(17)6-8-30-22(13)34/h1-10H,(H2,28,33)(H,30,34). The molecule has 3 heterocycles. The highest BCUT2D eigenvalue weighted by Crippen LogP contribution is 2.40. The molecule has 170 valence electrons. The van der Waals surface area contributed by atoms with E-state index in [4.69, 9.17) is 17.3 Å². The van der Waals surface area contributed by atoms with E-state index in [0.717, 1.165) is 0 Å². The van der Waals surface area contributed by atoms with Gasteiger partial charge >= 0.3 is 6.18 Å². The quantitative estimate of drug-likeness (QED) is 0.388. The molecule has 1 amide bonds. The average molecular weight is 484 g/mol. The maximum atomic E-state index is 14.3. The molecule has 7 nitrogen and oxygen atoms in total. The fourth-order valence-corrected chi connectivity index (χ4v) is 4.15. The predicted molar refractivity (Wildman–Crippen MR) is 121 cm³/mol. The Hall–Kier alpha value is -4.18. The highest BCUT2D eigenvalue weighted by atomic mass is 35.5. The molecule has 0 aliphatic rings. The minimum Gasteiger partial charge on any atom is -0.365 e. The van der Waals surface area contributed by atoms with Crippen LogP contribution < -0.4 is 11.3 Å². The predicted octanol–water partition coefficient (Wildman–Crippen LogP) is 4.70. The summed E-state index contributed by atoms with van der Waals surface area (Å²) in [4.78, 5) is 31.2. The Morgan fingerprint density at radius 1 is 1.06 bits per heavy atom. The summed E-state index contributed by atoms with van der Waals surface area (Å²) < 4.78 is 43.5. The molecule has 0 aliphatic heterocycles. The fraction of sp³-hybridized carbons (Fsp3) is 0.0435. The number of halogens is 4. The third-order valence-electron chi connectivity index (χ3n) is 5.38. The molecular weight excluding hydrogens is 471 g/mol. The zero-order valence-electron chi connectivity index (χ0n) is 17.0. The molecule has 0 saturated heterocycles. The third-order valence-corrected chi connectivity index (χ3v) is 5.71. The van der Waals surface area contributed by atoms with Crippen molar-refractivity contribution in [3.63, 3.8) is 0 Å². The molecule has 0 atom stereocenters. The molecule has 5 rings (SSSR count). The van der Waals surface area contributed by atoms with Crippen LogP contribution in [0.2, 0.25) is 5.02 Å². The van der Waals surface area contributed by atoms with Crippen LogP contribution >= 0.6 is 11.6 Å². The van der Waals surface area contributed by atoms with Gasteiger partial charge in [0, 0.05) is 34.1 Å². The van der Waals surface area contributed by atoms with Crippen molar-refractivity contribution in [1.82, 2.24) is 19.7 Å². The molecule has 0 bridgehead atoms. The fourth-order valence-electron chi connectivity index (χ4n) is 3.94. The highest BCUT2D eigenvalue weighted by molar-refractivity contribution is 6.35. The van der Waals surface area contributed by atoms with Crippen molar-refractivity contribution in [2.24, 2.45) is 5.73 Å². The Morgan fingerprint density at radius 3 is 2.59 bits per heavy atom. The second-order valence-corrected chi connectivity index (χ2v) is 7.82. The van der Waals surface area contributed by atoms with Gasteiger partial charge in [-0.05, 0) is 36.4 Å². The number of aromatic nitrogens is 4. The van der Waals surface area contributed by atoms with Gasteiger partial charge in [-0.15, -0.1) is 0 Å². The summed E-state index contributed by atoms with van der Waals surface area (Å²) in [6, 6.07) is 11.8. The Kier molecular flexibility index (Phi) is 4.90. The maximum Gasteiger partial charge on any atom is 0.434 e. The highest BCUT2D eigenvalue weighted by Gasteiger charge is 2.42. The largest absolute Gasteiger partial charge is 0.434 e. The van der Waals surface area contributed by atoms with Crippen LogP contribution in [0, 0.1) is 0 Å². The van der Waals surface area contributed by atoms with Gasteiger partial charge in [0.2, 0.25) is 0 Å². The van der Waals surface area contributed by atoms with Crippen molar-refractivity contribution in [2.45, 2.75) is 6.18 Å². The van der Waals surface area contributed by atoms with Crippen LogP contribution in [0.3, 0.4) is 0 Å². The van der Waals surface area contributed by atoms with Crippen molar-refractivity contribution in [2.75, 3.05) is 0 Å². The normalized spacial score (nSPS) is 11.9. The van der Waals surface area contributed by atoms with Gasteiger partial charge in [0.15, 0.2) is 5.69 Å². The number of fused-ring (bicyclic) bond motifs is 2. The number of nitrogens with one attached hydrogen (secondary N) is 1. The van der Waals surface area contributed by atoms with Crippen LogP contribution in [0.1, 0.15) is 16.1 Å². The number of amides is 1. The molecule has 0 radical (unpaired) electrons. The van der Waals surface area contributed by atoms with E-state index < -0.39 is 28.9 Å². The second-order valence-electron chi connectivity index (χ2n) is 7.42. The van der Waals surface area contributed by atoms with Crippen molar-refractivity contribution in [1.29, 1.82) is 0 Å². The number of aromatic amines is 1. The number of alkyl halides is 3. The van der Waals surface area contributed by atoms with Crippen molar-refractivity contribution in [3.8, 4) is 16.9 Å². The van der Waals surface area contributed by atoms with Gasteiger partial charge in [0.05, 0.1) is 21.8 Å². The van der Waals surface area contributed by atoms with Gasteiger partial charge in [-0.25, -0.2) is 4.68 Å². The first kappa shape index (κ1) is 21.7. The van der Waals surface area contributed by atoms with Gasteiger partial charge in [-0.1, -0.05) is 23.7 Å². The summed E-state index contributed by atoms with van der Waals surface area (Å²) >= 11 is 6.23. The maximum absolute atomic E-state index is 14.3. The topological polar surface area (TPSA) is 107 Å².